The molecule has 3 nitrogen and oxygen atoms in total. The molecule has 0 unspecified atom stereocenters. The maximum atomic E-state index is 12.8. The molecule has 1 N–H and O–H groups in total. The summed E-state index contributed by atoms with van der Waals surface area (Å²) in [7, 11) is 0. The van der Waals surface area contributed by atoms with Crippen molar-refractivity contribution in [1.82, 2.24) is 4.98 Å². The van der Waals surface area contributed by atoms with E-state index >= 15 is 0 Å². The van der Waals surface area contributed by atoms with Gasteiger partial charge in [0.25, 0.3) is 5.91 Å². The lowest BCUT2D eigenvalue weighted by Crippen LogP contribution is -2.13. The molecule has 0 aliphatic rings. The van der Waals surface area contributed by atoms with Crippen molar-refractivity contribution in [1.29, 1.82) is 0 Å². The first-order valence-electron chi connectivity index (χ1n) is 4.94. The number of amides is 1. The maximum Gasteiger partial charge on any atom is 0.258 e. The number of nitrogens with zero attached hydrogens (tertiary/aromatic N) is 1. The second kappa shape index (κ2) is 5.46. The van der Waals surface area contributed by atoms with Crippen molar-refractivity contribution >= 4 is 39.3 Å². The SMILES string of the molecule is O=C(Nc1ccc(Br)cn1)c1ccc(F)cc1Cl. The van der Waals surface area contributed by atoms with Crippen molar-refractivity contribution in [2.24, 2.45) is 0 Å². The zero-order valence-corrected chi connectivity index (χ0v) is 11.3. The average Bonchev–Trinajstić information content (AvgIpc) is 2.32. The third-order valence-electron chi connectivity index (χ3n) is 2.14. The van der Waals surface area contributed by atoms with Crippen LogP contribution in [0.3, 0.4) is 0 Å². The highest BCUT2D eigenvalue weighted by Gasteiger charge is 2.11. The number of aromatic nitrogens is 1. The van der Waals surface area contributed by atoms with Gasteiger partial charge in [-0.2, -0.15) is 0 Å². The molecule has 2 aromatic rings. The lowest BCUT2D eigenvalue weighted by atomic mass is 10.2. The van der Waals surface area contributed by atoms with Crippen LogP contribution in [0, 0.1) is 5.82 Å². The summed E-state index contributed by atoms with van der Waals surface area (Å²) in [5, 5.41) is 2.63. The summed E-state index contributed by atoms with van der Waals surface area (Å²) in [6.07, 6.45) is 1.56. The Hall–Kier alpha value is -1.46. The van der Waals surface area contributed by atoms with Crippen LogP contribution in [0.25, 0.3) is 0 Å². The monoisotopic (exact) mass is 328 g/mol. The number of hydrogen-bond donors (Lipinski definition) is 1. The van der Waals surface area contributed by atoms with E-state index in [1.165, 1.54) is 12.1 Å². The Bertz CT molecular complexity index is 589. The average molecular weight is 330 g/mol. The zero-order chi connectivity index (χ0) is 13.1. The summed E-state index contributed by atoms with van der Waals surface area (Å²) < 4.78 is 13.7. The van der Waals surface area contributed by atoms with Crippen molar-refractivity contribution in [2.45, 2.75) is 0 Å². The molecule has 0 spiro atoms. The van der Waals surface area contributed by atoms with Crippen LogP contribution in [-0.2, 0) is 0 Å². The largest absolute Gasteiger partial charge is 0.307 e. The molecule has 0 radical (unpaired) electrons. The Morgan fingerprint density at radius 2 is 2.11 bits per heavy atom. The van der Waals surface area contributed by atoms with Crippen LogP contribution < -0.4 is 5.32 Å². The van der Waals surface area contributed by atoms with E-state index in [0.29, 0.717) is 5.82 Å². The van der Waals surface area contributed by atoms with Gasteiger partial charge < -0.3 is 5.32 Å². The lowest BCUT2D eigenvalue weighted by Gasteiger charge is -2.06. The molecule has 1 aromatic carbocycles. The molecule has 92 valence electrons. The van der Waals surface area contributed by atoms with Crippen LogP contribution in [0.1, 0.15) is 10.4 Å². The molecule has 6 heteroatoms. The summed E-state index contributed by atoms with van der Waals surface area (Å²) in [5.74, 6) is -0.531. The molecule has 0 atom stereocenters. The number of nitrogens with one attached hydrogen (secondary N) is 1. The van der Waals surface area contributed by atoms with Crippen LogP contribution in [0.4, 0.5) is 10.2 Å². The number of pyridine rings is 1. The highest BCUT2D eigenvalue weighted by molar-refractivity contribution is 9.10. The summed E-state index contributed by atoms with van der Waals surface area (Å²) in [6.45, 7) is 0. The van der Waals surface area contributed by atoms with Gasteiger partial charge in [-0.1, -0.05) is 11.6 Å². The Kier molecular flexibility index (Phi) is 3.93. The molecule has 0 saturated heterocycles. The first kappa shape index (κ1) is 13.0. The van der Waals surface area contributed by atoms with Gasteiger partial charge in [-0.15, -0.1) is 0 Å². The molecule has 0 saturated carbocycles. The molecule has 18 heavy (non-hydrogen) atoms. The number of carbonyl (C=O) groups excluding carboxylic acids is 1. The Labute approximate surface area is 116 Å². The van der Waals surface area contributed by atoms with E-state index in [4.69, 9.17) is 11.6 Å². The summed E-state index contributed by atoms with van der Waals surface area (Å²) in [5.41, 5.74) is 0.197. The third-order valence-corrected chi connectivity index (χ3v) is 2.93. The fourth-order valence-corrected chi connectivity index (χ4v) is 1.79. The van der Waals surface area contributed by atoms with Gasteiger partial charge >= 0.3 is 0 Å². The van der Waals surface area contributed by atoms with Crippen LogP contribution in [0.5, 0.6) is 0 Å². The van der Waals surface area contributed by atoms with Gasteiger partial charge in [-0.25, -0.2) is 9.37 Å². The van der Waals surface area contributed by atoms with E-state index in [2.05, 4.69) is 26.2 Å². The van der Waals surface area contributed by atoms with Crippen molar-refractivity contribution in [2.75, 3.05) is 5.32 Å². The van der Waals surface area contributed by atoms with Gasteiger partial charge in [0.05, 0.1) is 10.6 Å². The van der Waals surface area contributed by atoms with Crippen LogP contribution in [0.15, 0.2) is 41.0 Å². The molecule has 1 heterocycles. The Balaban J connectivity index is 2.19. The van der Waals surface area contributed by atoms with Crippen molar-refractivity contribution in [3.05, 3.63) is 57.4 Å². The number of rotatable bonds is 2. The van der Waals surface area contributed by atoms with Crippen LogP contribution in [0.2, 0.25) is 5.02 Å². The normalized spacial score (nSPS) is 10.2. The molecule has 1 amide bonds. The fourth-order valence-electron chi connectivity index (χ4n) is 1.31. The molecule has 1 aromatic heterocycles. The maximum absolute atomic E-state index is 12.8. The predicted molar refractivity (Wildman–Crippen MR) is 71.3 cm³/mol. The van der Waals surface area contributed by atoms with Crippen LogP contribution in [-0.4, -0.2) is 10.9 Å². The highest BCUT2D eigenvalue weighted by Crippen LogP contribution is 2.19. The molecule has 2 rings (SSSR count). The second-order valence-electron chi connectivity index (χ2n) is 3.44. The van der Waals surface area contributed by atoms with E-state index in [1.54, 1.807) is 18.3 Å². The highest BCUT2D eigenvalue weighted by atomic mass is 79.9. The van der Waals surface area contributed by atoms with E-state index < -0.39 is 11.7 Å². The van der Waals surface area contributed by atoms with Gasteiger partial charge in [0.1, 0.15) is 11.6 Å². The number of benzene rings is 1. The first-order valence-corrected chi connectivity index (χ1v) is 6.11. The zero-order valence-electron chi connectivity index (χ0n) is 8.95. The van der Waals surface area contributed by atoms with Gasteiger partial charge in [0.15, 0.2) is 0 Å². The van der Waals surface area contributed by atoms with Gasteiger partial charge in [0, 0.05) is 10.7 Å². The summed E-state index contributed by atoms with van der Waals surface area (Å²) in [6, 6.07) is 6.97. The molecule has 0 bridgehead atoms. The minimum absolute atomic E-state index is 0.0598. The van der Waals surface area contributed by atoms with Crippen molar-refractivity contribution in [3.8, 4) is 0 Å². The van der Waals surface area contributed by atoms with Gasteiger partial charge in [-0.3, -0.25) is 4.79 Å². The third kappa shape index (κ3) is 3.05. The van der Waals surface area contributed by atoms with Crippen molar-refractivity contribution < 1.29 is 9.18 Å². The number of hydrogen-bond acceptors (Lipinski definition) is 2. The van der Waals surface area contributed by atoms with E-state index in [1.807, 2.05) is 0 Å². The van der Waals surface area contributed by atoms with Crippen LogP contribution >= 0.6 is 27.5 Å². The van der Waals surface area contributed by atoms with Gasteiger partial charge in [0.2, 0.25) is 0 Å². The standard InChI is InChI=1S/C12H7BrClFN2O/c13-7-1-4-11(16-6-7)17-12(18)9-3-2-8(15)5-10(9)14/h1-6H,(H,16,17,18). The second-order valence-corrected chi connectivity index (χ2v) is 4.76. The number of halogens is 3. The lowest BCUT2D eigenvalue weighted by molar-refractivity contribution is 0.102. The predicted octanol–water partition coefficient (Wildman–Crippen LogP) is 3.89. The minimum atomic E-state index is -0.488. The fraction of sp³-hybridized carbons (Fsp3) is 0. The van der Waals surface area contributed by atoms with E-state index in [-0.39, 0.29) is 10.6 Å². The molecule has 0 fully saturated rings. The Morgan fingerprint density at radius 1 is 1.33 bits per heavy atom. The molecule has 0 aliphatic heterocycles. The van der Waals surface area contributed by atoms with E-state index in [9.17, 15) is 9.18 Å². The first-order chi connectivity index (χ1) is 8.56. The summed E-state index contributed by atoms with van der Waals surface area (Å²) in [4.78, 5) is 15.9. The van der Waals surface area contributed by atoms with E-state index in [0.717, 1.165) is 10.5 Å². The molecular weight excluding hydrogens is 322 g/mol. The summed E-state index contributed by atoms with van der Waals surface area (Å²) >= 11 is 9.03. The minimum Gasteiger partial charge on any atom is -0.307 e. The van der Waals surface area contributed by atoms with Crippen molar-refractivity contribution in [3.63, 3.8) is 0 Å². The molecule has 0 aliphatic carbocycles. The number of anilines is 1. The topological polar surface area (TPSA) is 42.0 Å². The molecular formula is C12H7BrClFN2O. The quantitative estimate of drug-likeness (QED) is 0.908. The smallest absolute Gasteiger partial charge is 0.258 e. The Morgan fingerprint density at radius 3 is 2.72 bits per heavy atom. The van der Waals surface area contributed by atoms with Gasteiger partial charge in [-0.05, 0) is 46.3 Å². The number of carbonyl (C=O) groups is 1.